The number of hydrogen-bond acceptors (Lipinski definition) is 3. The first-order valence-electron chi connectivity index (χ1n) is 5.41. The normalized spacial score (nSPS) is 18.4. The van der Waals surface area contributed by atoms with Crippen molar-refractivity contribution in [2.24, 2.45) is 9.98 Å². The molecule has 0 spiro atoms. The molecule has 0 aliphatic carbocycles. The van der Waals surface area contributed by atoms with Crippen molar-refractivity contribution in [3.8, 4) is 0 Å². The summed E-state index contributed by atoms with van der Waals surface area (Å²) in [4.78, 5) is 23.7. The van der Waals surface area contributed by atoms with E-state index in [0.717, 1.165) is 17.1 Å². The summed E-state index contributed by atoms with van der Waals surface area (Å²) in [5.74, 6) is 0.659. The SMILES string of the molecule is CN1CC2=Nc3ccccc3N(C)C2=NC1=O. The summed E-state index contributed by atoms with van der Waals surface area (Å²) < 4.78 is 0. The Morgan fingerprint density at radius 2 is 1.94 bits per heavy atom. The minimum absolute atomic E-state index is 0.217. The third-order valence-corrected chi connectivity index (χ3v) is 2.99. The van der Waals surface area contributed by atoms with Gasteiger partial charge in [-0.2, -0.15) is 4.99 Å². The molecule has 0 atom stereocenters. The smallest absolute Gasteiger partial charge is 0.326 e. The molecule has 3 rings (SSSR count). The first kappa shape index (κ1) is 10.0. The lowest BCUT2D eigenvalue weighted by Crippen LogP contribution is -2.47. The zero-order valence-corrected chi connectivity index (χ0v) is 9.71. The first-order chi connectivity index (χ1) is 8.16. The van der Waals surface area contributed by atoms with E-state index in [4.69, 9.17) is 0 Å². The van der Waals surface area contributed by atoms with Crippen LogP contribution in [-0.2, 0) is 0 Å². The van der Waals surface area contributed by atoms with Crippen LogP contribution < -0.4 is 4.90 Å². The molecule has 2 heterocycles. The number of amides is 2. The van der Waals surface area contributed by atoms with Crippen LogP contribution in [0.15, 0.2) is 34.3 Å². The van der Waals surface area contributed by atoms with E-state index in [1.807, 2.05) is 36.2 Å². The van der Waals surface area contributed by atoms with E-state index >= 15 is 0 Å². The molecule has 2 amide bonds. The van der Waals surface area contributed by atoms with Crippen LogP contribution in [0.5, 0.6) is 0 Å². The highest BCUT2D eigenvalue weighted by molar-refractivity contribution is 6.50. The zero-order valence-electron chi connectivity index (χ0n) is 9.71. The fraction of sp³-hybridized carbons (Fsp3) is 0.250. The van der Waals surface area contributed by atoms with E-state index < -0.39 is 0 Å². The van der Waals surface area contributed by atoms with Crippen molar-refractivity contribution in [2.75, 3.05) is 25.5 Å². The lowest BCUT2D eigenvalue weighted by atomic mass is 10.1. The molecule has 0 bridgehead atoms. The summed E-state index contributed by atoms with van der Waals surface area (Å²) in [5.41, 5.74) is 2.74. The average Bonchev–Trinajstić information content (AvgIpc) is 2.32. The second kappa shape index (κ2) is 3.41. The maximum absolute atomic E-state index is 11.6. The third-order valence-electron chi connectivity index (χ3n) is 2.99. The number of carbonyl (C=O) groups is 1. The van der Waals surface area contributed by atoms with E-state index in [-0.39, 0.29) is 6.03 Å². The summed E-state index contributed by atoms with van der Waals surface area (Å²) in [6, 6.07) is 7.63. The third kappa shape index (κ3) is 1.43. The highest BCUT2D eigenvalue weighted by Gasteiger charge is 2.29. The molecule has 0 fully saturated rings. The van der Waals surface area contributed by atoms with Gasteiger partial charge in [0, 0.05) is 14.1 Å². The van der Waals surface area contributed by atoms with E-state index in [2.05, 4.69) is 9.98 Å². The number of urea groups is 1. The molecule has 1 aromatic rings. The van der Waals surface area contributed by atoms with Crippen molar-refractivity contribution in [1.82, 2.24) is 4.90 Å². The largest absolute Gasteiger partial charge is 0.345 e. The Labute approximate surface area is 99.1 Å². The Morgan fingerprint density at radius 3 is 2.76 bits per heavy atom. The number of hydrogen-bond donors (Lipinski definition) is 0. The second-order valence-corrected chi connectivity index (χ2v) is 4.18. The number of para-hydroxylation sites is 2. The van der Waals surface area contributed by atoms with Crippen molar-refractivity contribution < 1.29 is 4.79 Å². The number of fused-ring (bicyclic) bond motifs is 2. The molecule has 5 heteroatoms. The van der Waals surface area contributed by atoms with Gasteiger partial charge in [-0.05, 0) is 12.1 Å². The molecule has 5 nitrogen and oxygen atoms in total. The number of benzene rings is 1. The maximum Gasteiger partial charge on any atom is 0.345 e. The Hall–Kier alpha value is -2.17. The molecule has 1 aromatic carbocycles. The van der Waals surface area contributed by atoms with Crippen LogP contribution >= 0.6 is 0 Å². The van der Waals surface area contributed by atoms with Crippen LogP contribution in [0.3, 0.4) is 0 Å². The Morgan fingerprint density at radius 1 is 1.18 bits per heavy atom. The molecule has 0 N–H and O–H groups in total. The van der Waals surface area contributed by atoms with Crippen molar-refractivity contribution in [3.05, 3.63) is 24.3 Å². The van der Waals surface area contributed by atoms with Crippen LogP contribution in [0.2, 0.25) is 0 Å². The van der Waals surface area contributed by atoms with E-state index in [0.29, 0.717) is 12.4 Å². The fourth-order valence-corrected chi connectivity index (χ4v) is 2.06. The summed E-state index contributed by atoms with van der Waals surface area (Å²) in [6.07, 6.45) is 0. The molecule has 2 aliphatic heterocycles. The minimum Gasteiger partial charge on any atom is -0.326 e. The summed E-state index contributed by atoms with van der Waals surface area (Å²) in [6.45, 7) is 0.510. The van der Waals surface area contributed by atoms with Gasteiger partial charge in [-0.25, -0.2) is 9.79 Å². The topological polar surface area (TPSA) is 48.3 Å². The minimum atomic E-state index is -0.217. The molecule has 17 heavy (non-hydrogen) atoms. The van der Waals surface area contributed by atoms with E-state index in [9.17, 15) is 4.79 Å². The van der Waals surface area contributed by atoms with Gasteiger partial charge in [-0.15, -0.1) is 0 Å². The molecule has 0 saturated carbocycles. The van der Waals surface area contributed by atoms with Crippen molar-refractivity contribution in [1.29, 1.82) is 0 Å². The molecular formula is C12H12N4O. The Balaban J connectivity index is 2.17. The molecule has 0 saturated heterocycles. The number of nitrogens with zero attached hydrogens (tertiary/aromatic N) is 4. The van der Waals surface area contributed by atoms with Gasteiger partial charge in [0.2, 0.25) is 0 Å². The van der Waals surface area contributed by atoms with Gasteiger partial charge >= 0.3 is 6.03 Å². The van der Waals surface area contributed by atoms with Gasteiger partial charge in [-0.3, -0.25) is 0 Å². The van der Waals surface area contributed by atoms with Crippen molar-refractivity contribution in [2.45, 2.75) is 0 Å². The quantitative estimate of drug-likeness (QED) is 0.678. The van der Waals surface area contributed by atoms with Crippen LogP contribution in [0, 0.1) is 0 Å². The van der Waals surface area contributed by atoms with Gasteiger partial charge in [0.25, 0.3) is 0 Å². The van der Waals surface area contributed by atoms with Crippen molar-refractivity contribution >= 4 is 29.0 Å². The predicted molar refractivity (Wildman–Crippen MR) is 67.4 cm³/mol. The van der Waals surface area contributed by atoms with E-state index in [1.54, 1.807) is 11.9 Å². The molecule has 0 aromatic heterocycles. The zero-order chi connectivity index (χ0) is 12.0. The summed E-state index contributed by atoms with van der Waals surface area (Å²) in [5, 5.41) is 0. The fourth-order valence-electron chi connectivity index (χ4n) is 2.06. The Bertz CT molecular complexity index is 561. The van der Waals surface area contributed by atoms with Gasteiger partial charge in [0.05, 0.1) is 17.9 Å². The maximum atomic E-state index is 11.6. The van der Waals surface area contributed by atoms with Crippen LogP contribution in [0.25, 0.3) is 0 Å². The van der Waals surface area contributed by atoms with Gasteiger partial charge in [-0.1, -0.05) is 12.1 Å². The van der Waals surface area contributed by atoms with Gasteiger partial charge < -0.3 is 9.80 Å². The predicted octanol–water partition coefficient (Wildman–Crippen LogP) is 1.67. The standard InChI is InChI=1S/C12H12N4O/c1-15-7-9-11(14-12(15)17)16(2)10-6-4-3-5-8(10)13-9/h3-6H,7H2,1-2H3. The van der Waals surface area contributed by atoms with E-state index in [1.165, 1.54) is 0 Å². The number of carbonyl (C=O) groups excluding carboxylic acids is 1. The molecule has 86 valence electrons. The lowest BCUT2D eigenvalue weighted by molar-refractivity contribution is 0.223. The highest BCUT2D eigenvalue weighted by Crippen LogP contribution is 2.32. The number of anilines is 1. The number of rotatable bonds is 0. The van der Waals surface area contributed by atoms with Gasteiger partial charge in [0.15, 0.2) is 5.84 Å². The number of aliphatic imine (C=N–C) groups is 2. The monoisotopic (exact) mass is 228 g/mol. The molecular weight excluding hydrogens is 216 g/mol. The summed E-state index contributed by atoms with van der Waals surface area (Å²) in [7, 11) is 3.64. The summed E-state index contributed by atoms with van der Waals surface area (Å²) >= 11 is 0. The lowest BCUT2D eigenvalue weighted by Gasteiger charge is -2.32. The molecule has 0 radical (unpaired) electrons. The van der Waals surface area contributed by atoms with Crippen LogP contribution in [0.1, 0.15) is 0 Å². The average molecular weight is 228 g/mol. The van der Waals surface area contributed by atoms with Crippen molar-refractivity contribution in [3.63, 3.8) is 0 Å². The van der Waals surface area contributed by atoms with Crippen LogP contribution in [0.4, 0.5) is 16.2 Å². The number of amidine groups is 1. The van der Waals surface area contributed by atoms with Crippen LogP contribution in [-0.4, -0.2) is 43.1 Å². The highest BCUT2D eigenvalue weighted by atomic mass is 16.2. The Kier molecular flexibility index (Phi) is 2.01. The molecule has 2 aliphatic rings. The second-order valence-electron chi connectivity index (χ2n) is 4.18. The van der Waals surface area contributed by atoms with Gasteiger partial charge in [0.1, 0.15) is 5.71 Å². The first-order valence-corrected chi connectivity index (χ1v) is 5.41. The molecule has 0 unspecified atom stereocenters.